The Labute approximate surface area is 97.5 Å². The van der Waals surface area contributed by atoms with Crippen molar-refractivity contribution in [3.05, 3.63) is 0 Å². The quantitative estimate of drug-likeness (QED) is 0.564. The van der Waals surface area contributed by atoms with Gasteiger partial charge in [-0.3, -0.25) is 0 Å². The van der Waals surface area contributed by atoms with E-state index in [1.54, 1.807) is 0 Å². The van der Waals surface area contributed by atoms with Crippen molar-refractivity contribution in [2.24, 2.45) is 5.41 Å². The topological polar surface area (TPSA) is 0 Å². The van der Waals surface area contributed by atoms with Crippen LogP contribution in [0.3, 0.4) is 0 Å². The first-order valence-electron chi connectivity index (χ1n) is 6.72. The predicted molar refractivity (Wildman–Crippen MR) is 70.7 cm³/mol. The van der Waals surface area contributed by atoms with Gasteiger partial charge in [-0.1, -0.05) is 84.3 Å². The first-order chi connectivity index (χ1) is 6.85. The molecule has 1 rings (SSSR count). The summed E-state index contributed by atoms with van der Waals surface area (Å²) in [5.41, 5.74) is 0.441. The molecule has 1 aliphatic heterocycles. The molecule has 0 spiro atoms. The van der Waals surface area contributed by atoms with E-state index in [0.29, 0.717) is 16.0 Å². The van der Waals surface area contributed by atoms with Crippen LogP contribution in [0.1, 0.15) is 73.6 Å². The lowest BCUT2D eigenvalue weighted by Crippen LogP contribution is -2.51. The molecule has 0 saturated carbocycles. The summed E-state index contributed by atoms with van der Waals surface area (Å²) < 4.78 is 0. The summed E-state index contributed by atoms with van der Waals surface area (Å²) in [5, 5.41) is 1.09. The summed E-state index contributed by atoms with van der Waals surface area (Å²) in [6.45, 7) is 14.2. The lowest BCUT2D eigenvalue weighted by molar-refractivity contribution is 0.151. The van der Waals surface area contributed by atoms with Crippen LogP contribution in [0, 0.1) is 5.41 Å². The van der Waals surface area contributed by atoms with Gasteiger partial charge in [0.1, 0.15) is 7.28 Å². The molecule has 1 atom stereocenters. The maximum atomic E-state index is 2.71. The molecule has 1 heterocycles. The summed E-state index contributed by atoms with van der Waals surface area (Å²) in [6.07, 6.45) is 6.76. The smallest absolute Gasteiger partial charge is 0.0655 e. The third kappa shape index (κ3) is 2.12. The van der Waals surface area contributed by atoms with Crippen LogP contribution < -0.4 is 0 Å². The normalized spacial score (nSPS) is 29.5. The fourth-order valence-electron chi connectivity index (χ4n) is 3.35. The van der Waals surface area contributed by atoms with E-state index in [0.717, 1.165) is 0 Å². The van der Waals surface area contributed by atoms with Crippen molar-refractivity contribution in [1.82, 2.24) is 0 Å². The van der Waals surface area contributed by atoms with Crippen molar-refractivity contribution in [3.63, 3.8) is 0 Å². The monoisotopic (exact) mass is 207 g/mol. The standard InChI is InChI=1S/C14H28B/c1-7-10-14(12(4,5)6)11-13(8-2,9-3)15-14/h7-11H2,1-6H3. The molecule has 0 aromatic rings. The van der Waals surface area contributed by atoms with Crippen molar-refractivity contribution in [2.45, 2.75) is 84.3 Å². The maximum Gasteiger partial charge on any atom is 0.126 e. The molecular formula is C14H28B. The van der Waals surface area contributed by atoms with Crippen molar-refractivity contribution in [3.8, 4) is 0 Å². The van der Waals surface area contributed by atoms with Gasteiger partial charge in [0.15, 0.2) is 0 Å². The molecule has 0 amide bonds. The zero-order valence-electron chi connectivity index (χ0n) is 11.6. The molecule has 0 aliphatic carbocycles. The van der Waals surface area contributed by atoms with Gasteiger partial charge in [0.25, 0.3) is 0 Å². The molecule has 1 saturated heterocycles. The molecule has 87 valence electrons. The van der Waals surface area contributed by atoms with E-state index in [1.807, 2.05) is 0 Å². The Hall–Kier alpha value is 0.0649. The van der Waals surface area contributed by atoms with E-state index in [4.69, 9.17) is 0 Å². The summed E-state index contributed by atoms with van der Waals surface area (Å²) in [7, 11) is 2.71. The minimum absolute atomic E-state index is 0.441. The predicted octanol–water partition coefficient (Wildman–Crippen LogP) is 5.08. The van der Waals surface area contributed by atoms with Crippen LogP contribution in [0.15, 0.2) is 0 Å². The van der Waals surface area contributed by atoms with Gasteiger partial charge in [-0.15, -0.1) is 0 Å². The fourth-order valence-corrected chi connectivity index (χ4v) is 3.35. The van der Waals surface area contributed by atoms with E-state index in [2.05, 4.69) is 48.8 Å². The van der Waals surface area contributed by atoms with Gasteiger partial charge >= 0.3 is 0 Å². The average Bonchev–Trinajstić information content (AvgIpc) is 2.09. The van der Waals surface area contributed by atoms with Crippen LogP contribution in [0.2, 0.25) is 10.6 Å². The molecule has 0 N–H and O–H groups in total. The van der Waals surface area contributed by atoms with Crippen LogP contribution in [0.4, 0.5) is 0 Å². The zero-order valence-corrected chi connectivity index (χ0v) is 11.6. The van der Waals surface area contributed by atoms with Crippen LogP contribution in [-0.2, 0) is 0 Å². The third-order valence-corrected chi connectivity index (χ3v) is 4.85. The highest BCUT2D eigenvalue weighted by molar-refractivity contribution is 6.49. The van der Waals surface area contributed by atoms with Gasteiger partial charge in [-0.25, -0.2) is 0 Å². The van der Waals surface area contributed by atoms with E-state index >= 15 is 0 Å². The van der Waals surface area contributed by atoms with Gasteiger partial charge in [0.05, 0.1) is 0 Å². The molecule has 1 unspecified atom stereocenters. The molecule has 15 heavy (non-hydrogen) atoms. The summed E-state index contributed by atoms with van der Waals surface area (Å²) in [5.74, 6) is 0. The molecule has 1 heteroatoms. The van der Waals surface area contributed by atoms with E-state index in [-0.39, 0.29) is 0 Å². The SMILES string of the molecule is CCCC1(C(C)(C)C)[B]C(CC)(CC)C1. The molecule has 0 aromatic heterocycles. The number of hydrogen-bond acceptors (Lipinski definition) is 0. The maximum absolute atomic E-state index is 2.71. The van der Waals surface area contributed by atoms with Gasteiger partial charge in [-0.05, 0) is 5.41 Å². The highest BCUT2D eigenvalue weighted by Crippen LogP contribution is 2.70. The second-order valence-corrected chi connectivity index (χ2v) is 6.55. The first-order valence-corrected chi connectivity index (χ1v) is 6.72. The van der Waals surface area contributed by atoms with Gasteiger partial charge in [0, 0.05) is 0 Å². The highest BCUT2D eigenvalue weighted by Gasteiger charge is 2.57. The van der Waals surface area contributed by atoms with E-state index in [1.165, 1.54) is 32.1 Å². The Morgan fingerprint density at radius 2 is 1.53 bits per heavy atom. The van der Waals surface area contributed by atoms with E-state index < -0.39 is 0 Å². The Morgan fingerprint density at radius 1 is 1.07 bits per heavy atom. The van der Waals surface area contributed by atoms with E-state index in [9.17, 15) is 0 Å². The lowest BCUT2D eigenvalue weighted by Gasteiger charge is -2.62. The van der Waals surface area contributed by atoms with Crippen LogP contribution in [0.25, 0.3) is 0 Å². The zero-order chi connectivity index (χ0) is 11.7. The minimum atomic E-state index is 0.441. The van der Waals surface area contributed by atoms with Gasteiger partial charge < -0.3 is 0 Å². The van der Waals surface area contributed by atoms with Gasteiger partial charge in [-0.2, -0.15) is 0 Å². The van der Waals surface area contributed by atoms with Crippen LogP contribution >= 0.6 is 0 Å². The average molecular weight is 207 g/mol. The lowest BCUT2D eigenvalue weighted by atomic mass is 9.18. The van der Waals surface area contributed by atoms with Gasteiger partial charge in [0.2, 0.25) is 0 Å². The summed E-state index contributed by atoms with van der Waals surface area (Å²) >= 11 is 0. The molecule has 1 aliphatic rings. The Kier molecular flexibility index (Phi) is 3.63. The largest absolute Gasteiger partial charge is 0.126 e. The minimum Gasteiger partial charge on any atom is -0.0655 e. The second-order valence-electron chi connectivity index (χ2n) is 6.55. The molecule has 1 fully saturated rings. The third-order valence-electron chi connectivity index (χ3n) is 4.85. The first kappa shape index (κ1) is 13.1. The van der Waals surface area contributed by atoms with Crippen molar-refractivity contribution >= 4 is 7.28 Å². The fraction of sp³-hybridized carbons (Fsp3) is 1.00. The molecular weight excluding hydrogens is 179 g/mol. The Bertz CT molecular complexity index is 200. The molecule has 0 aromatic carbocycles. The van der Waals surface area contributed by atoms with Crippen molar-refractivity contribution in [1.29, 1.82) is 0 Å². The summed E-state index contributed by atoms with van der Waals surface area (Å²) in [4.78, 5) is 0. The number of rotatable bonds is 4. The van der Waals surface area contributed by atoms with Crippen LogP contribution in [-0.4, -0.2) is 7.28 Å². The molecule has 1 radical (unpaired) electrons. The molecule has 0 bridgehead atoms. The highest BCUT2D eigenvalue weighted by atomic mass is 14.5. The van der Waals surface area contributed by atoms with Crippen molar-refractivity contribution < 1.29 is 0 Å². The molecule has 0 nitrogen and oxygen atoms in total. The van der Waals surface area contributed by atoms with Crippen molar-refractivity contribution in [2.75, 3.05) is 0 Å². The van der Waals surface area contributed by atoms with Crippen LogP contribution in [0.5, 0.6) is 0 Å². The number of hydrogen-bond donors (Lipinski definition) is 0. The second kappa shape index (κ2) is 4.15. The Balaban J connectivity index is 2.76. The Morgan fingerprint density at radius 3 is 1.80 bits per heavy atom. The summed E-state index contributed by atoms with van der Waals surface area (Å²) in [6, 6.07) is 0.